The van der Waals surface area contributed by atoms with Crippen LogP contribution >= 0.6 is 11.8 Å². The summed E-state index contributed by atoms with van der Waals surface area (Å²) in [6.07, 6.45) is 5.93. The van der Waals surface area contributed by atoms with E-state index in [0.717, 1.165) is 6.42 Å². The molecule has 0 N–H and O–H groups in total. The molecule has 0 bridgehead atoms. The fraction of sp³-hybridized carbons (Fsp3) is 0.769. The number of carbonyl (C=O) groups excluding carboxylic acids is 1. The van der Waals surface area contributed by atoms with Crippen molar-refractivity contribution in [3.8, 4) is 0 Å². The van der Waals surface area contributed by atoms with Crippen LogP contribution in [0.2, 0.25) is 0 Å². The Morgan fingerprint density at radius 3 is 2.81 bits per heavy atom. The van der Waals surface area contributed by atoms with Crippen molar-refractivity contribution >= 4 is 17.7 Å². The van der Waals surface area contributed by atoms with Gasteiger partial charge in [-0.2, -0.15) is 0 Å². The number of esters is 1. The molecule has 3 heteroatoms. The number of ether oxygens (including phenoxy) is 1. The highest BCUT2D eigenvalue weighted by Gasteiger charge is 2.31. The second-order valence-electron chi connectivity index (χ2n) is 4.99. The molecular weight excluding hydrogens is 220 g/mol. The van der Waals surface area contributed by atoms with Crippen LogP contribution < -0.4 is 0 Å². The summed E-state index contributed by atoms with van der Waals surface area (Å²) >= 11 is 1.72. The molecule has 1 aliphatic rings. The van der Waals surface area contributed by atoms with E-state index in [4.69, 9.17) is 0 Å². The quantitative estimate of drug-likeness (QED) is 0.558. The normalized spacial score (nSPS) is 21.5. The van der Waals surface area contributed by atoms with Crippen LogP contribution in [0.1, 0.15) is 40.0 Å². The maximum Gasteiger partial charge on any atom is 0.315 e. The molecule has 2 nitrogen and oxygen atoms in total. The van der Waals surface area contributed by atoms with Crippen LogP contribution in [0.25, 0.3) is 0 Å². The summed E-state index contributed by atoms with van der Waals surface area (Å²) < 4.78 is 4.84. The minimum absolute atomic E-state index is 0.124. The first-order valence-electron chi connectivity index (χ1n) is 5.82. The molecule has 0 saturated heterocycles. The zero-order valence-electron chi connectivity index (χ0n) is 10.7. The molecule has 0 fully saturated rings. The van der Waals surface area contributed by atoms with Crippen molar-refractivity contribution in [1.29, 1.82) is 0 Å². The van der Waals surface area contributed by atoms with Gasteiger partial charge in [-0.3, -0.25) is 4.79 Å². The third-order valence-corrected chi connectivity index (χ3v) is 4.87. The van der Waals surface area contributed by atoms with Gasteiger partial charge in [-0.25, -0.2) is 0 Å². The van der Waals surface area contributed by atoms with Crippen molar-refractivity contribution in [1.82, 2.24) is 0 Å². The fourth-order valence-electron chi connectivity index (χ4n) is 2.02. The maximum atomic E-state index is 11.1. The monoisotopic (exact) mass is 242 g/mol. The lowest BCUT2D eigenvalue weighted by molar-refractivity contribution is -0.137. The topological polar surface area (TPSA) is 26.3 Å². The first-order chi connectivity index (χ1) is 7.45. The Balaban J connectivity index is 2.47. The lowest BCUT2D eigenvalue weighted by Crippen LogP contribution is -2.30. The standard InChI is InChI=1S/C13H22O2S/c1-10-5-7-11(8-6-10)13(2,3)16-9-12(14)15-4/h5,11H,6-9H2,1-4H3. The first kappa shape index (κ1) is 13.6. The Kier molecular flexibility index (Phi) is 4.90. The van der Waals surface area contributed by atoms with E-state index >= 15 is 0 Å². The highest BCUT2D eigenvalue weighted by Crippen LogP contribution is 2.40. The van der Waals surface area contributed by atoms with Gasteiger partial charge < -0.3 is 4.74 Å². The minimum Gasteiger partial charge on any atom is -0.468 e. The van der Waals surface area contributed by atoms with Crippen molar-refractivity contribution in [2.24, 2.45) is 5.92 Å². The zero-order valence-corrected chi connectivity index (χ0v) is 11.5. The number of methoxy groups -OCH3 is 1. The van der Waals surface area contributed by atoms with E-state index in [9.17, 15) is 4.79 Å². The molecule has 1 aliphatic carbocycles. The van der Waals surface area contributed by atoms with E-state index in [2.05, 4.69) is 31.6 Å². The molecule has 1 rings (SSSR count). The van der Waals surface area contributed by atoms with E-state index in [0.29, 0.717) is 11.7 Å². The molecule has 92 valence electrons. The predicted molar refractivity (Wildman–Crippen MR) is 69.7 cm³/mol. The summed E-state index contributed by atoms with van der Waals surface area (Å²) in [5, 5.41) is 0. The lowest BCUT2D eigenvalue weighted by Gasteiger charge is -2.35. The average molecular weight is 242 g/mol. The number of thioether (sulfide) groups is 1. The van der Waals surface area contributed by atoms with Crippen molar-refractivity contribution in [3.63, 3.8) is 0 Å². The average Bonchev–Trinajstić information content (AvgIpc) is 2.26. The SMILES string of the molecule is COC(=O)CSC(C)(C)C1CC=C(C)CC1. The Bertz CT molecular complexity index is 282. The highest BCUT2D eigenvalue weighted by atomic mass is 32.2. The molecule has 0 radical (unpaired) electrons. The lowest BCUT2D eigenvalue weighted by atomic mass is 9.82. The van der Waals surface area contributed by atoms with Gasteiger partial charge in [-0.15, -0.1) is 11.8 Å². The van der Waals surface area contributed by atoms with Gasteiger partial charge in [-0.05, 0) is 32.1 Å². The van der Waals surface area contributed by atoms with Crippen molar-refractivity contribution < 1.29 is 9.53 Å². The highest BCUT2D eigenvalue weighted by molar-refractivity contribution is 8.01. The summed E-state index contributed by atoms with van der Waals surface area (Å²) in [5.41, 5.74) is 1.50. The molecule has 0 amide bonds. The summed E-state index contributed by atoms with van der Waals surface area (Å²) in [7, 11) is 1.45. The van der Waals surface area contributed by atoms with Gasteiger partial charge in [-0.1, -0.05) is 25.5 Å². The van der Waals surface area contributed by atoms with E-state index in [1.165, 1.54) is 25.5 Å². The van der Waals surface area contributed by atoms with E-state index in [1.807, 2.05) is 0 Å². The molecule has 1 atom stereocenters. The van der Waals surface area contributed by atoms with Crippen LogP contribution in [0, 0.1) is 5.92 Å². The van der Waals surface area contributed by atoms with Gasteiger partial charge in [0.05, 0.1) is 12.9 Å². The first-order valence-corrected chi connectivity index (χ1v) is 6.80. The van der Waals surface area contributed by atoms with E-state index in [1.54, 1.807) is 11.8 Å². The summed E-state index contributed by atoms with van der Waals surface area (Å²) in [6, 6.07) is 0. The van der Waals surface area contributed by atoms with Gasteiger partial charge >= 0.3 is 5.97 Å². The molecule has 0 aromatic heterocycles. The van der Waals surface area contributed by atoms with Crippen molar-refractivity contribution in [3.05, 3.63) is 11.6 Å². The second-order valence-corrected chi connectivity index (χ2v) is 6.62. The molecule has 0 spiro atoms. The Morgan fingerprint density at radius 1 is 1.62 bits per heavy atom. The molecule has 0 saturated carbocycles. The van der Waals surface area contributed by atoms with Gasteiger partial charge in [0, 0.05) is 4.75 Å². The predicted octanol–water partition coefficient (Wildman–Crippen LogP) is 3.42. The minimum atomic E-state index is -0.124. The third kappa shape index (κ3) is 3.85. The molecular formula is C13H22O2S. The fourth-order valence-corrected chi connectivity index (χ4v) is 3.08. The zero-order chi connectivity index (χ0) is 12.2. The van der Waals surface area contributed by atoms with E-state index < -0.39 is 0 Å². The van der Waals surface area contributed by atoms with Crippen LogP contribution in [-0.4, -0.2) is 23.6 Å². The summed E-state index contributed by atoms with van der Waals surface area (Å²) in [4.78, 5) is 11.1. The summed E-state index contributed by atoms with van der Waals surface area (Å²) in [5.74, 6) is 1.01. The molecule has 1 unspecified atom stereocenters. The van der Waals surface area contributed by atoms with Crippen molar-refractivity contribution in [2.45, 2.75) is 44.8 Å². The molecule has 0 aliphatic heterocycles. The van der Waals surface area contributed by atoms with Crippen LogP contribution in [0.4, 0.5) is 0 Å². The largest absolute Gasteiger partial charge is 0.468 e. The van der Waals surface area contributed by atoms with Crippen LogP contribution in [0.15, 0.2) is 11.6 Å². The number of hydrogen-bond acceptors (Lipinski definition) is 3. The second kappa shape index (κ2) is 5.76. The Morgan fingerprint density at radius 2 is 2.31 bits per heavy atom. The van der Waals surface area contributed by atoms with Crippen molar-refractivity contribution in [2.75, 3.05) is 12.9 Å². The maximum absolute atomic E-state index is 11.1. The van der Waals surface area contributed by atoms with Crippen LogP contribution in [0.3, 0.4) is 0 Å². The van der Waals surface area contributed by atoms with E-state index in [-0.39, 0.29) is 10.7 Å². The van der Waals surface area contributed by atoms with Crippen LogP contribution in [0.5, 0.6) is 0 Å². The summed E-state index contributed by atoms with van der Waals surface area (Å²) in [6.45, 7) is 6.67. The molecule has 0 aromatic carbocycles. The molecule has 16 heavy (non-hydrogen) atoms. The Labute approximate surface area is 103 Å². The van der Waals surface area contributed by atoms with Gasteiger partial charge in [0.1, 0.15) is 0 Å². The molecule has 0 heterocycles. The number of carbonyl (C=O) groups is 1. The number of rotatable bonds is 4. The van der Waals surface area contributed by atoms with Gasteiger partial charge in [0.25, 0.3) is 0 Å². The number of allylic oxidation sites excluding steroid dienone is 2. The van der Waals surface area contributed by atoms with Gasteiger partial charge in [0.15, 0.2) is 0 Å². The van der Waals surface area contributed by atoms with Gasteiger partial charge in [0.2, 0.25) is 0 Å². The van der Waals surface area contributed by atoms with Crippen LogP contribution in [-0.2, 0) is 9.53 Å². The smallest absolute Gasteiger partial charge is 0.315 e. The Hall–Kier alpha value is -0.440. The molecule has 0 aromatic rings. The number of hydrogen-bond donors (Lipinski definition) is 0. The third-order valence-electron chi connectivity index (χ3n) is 3.41.